The van der Waals surface area contributed by atoms with Gasteiger partial charge in [0.15, 0.2) is 0 Å². The van der Waals surface area contributed by atoms with Crippen LogP contribution in [0.4, 0.5) is 0 Å². The SMILES string of the molecule is COC1CCC2(C)C(CC=C3C4CCC(C(C)CCC(C)C(C)C)C4(C)CC(OC(=O)c4ccccc4)C32C)C1. The number of fused-ring (bicyclic) bond motifs is 5. The molecule has 40 heavy (non-hydrogen) atoms. The molecule has 4 aliphatic rings. The van der Waals surface area contributed by atoms with Gasteiger partial charge in [-0.25, -0.2) is 4.79 Å². The van der Waals surface area contributed by atoms with Gasteiger partial charge in [0.1, 0.15) is 6.10 Å². The summed E-state index contributed by atoms with van der Waals surface area (Å²) in [4.78, 5) is 13.7. The Balaban J connectivity index is 1.50. The van der Waals surface area contributed by atoms with Crippen molar-refractivity contribution in [1.82, 2.24) is 0 Å². The number of rotatable bonds is 8. The summed E-state index contributed by atoms with van der Waals surface area (Å²) in [5, 5.41) is 0. The third-order valence-electron chi connectivity index (χ3n) is 13.4. The standard InChI is InChI=1S/C37H56O3/c1-24(2)25(3)14-15-26(4)30-18-19-31-32-17-16-28-22-29(39-8)20-21-36(28,6)37(32,7)33(23-35(30,31)5)40-34(38)27-12-10-9-11-13-27/h9-13,17,24-26,28-31,33H,14-16,18-23H2,1-8H3. The van der Waals surface area contributed by atoms with Gasteiger partial charge in [-0.1, -0.05) is 91.2 Å². The van der Waals surface area contributed by atoms with Gasteiger partial charge in [-0.2, -0.15) is 0 Å². The first-order valence-electron chi connectivity index (χ1n) is 16.4. The van der Waals surface area contributed by atoms with Crippen molar-refractivity contribution in [3.05, 3.63) is 47.5 Å². The van der Waals surface area contributed by atoms with E-state index in [2.05, 4.69) is 54.5 Å². The number of methoxy groups -OCH3 is 1. The van der Waals surface area contributed by atoms with E-state index in [-0.39, 0.29) is 28.3 Å². The molecule has 0 spiro atoms. The van der Waals surface area contributed by atoms with Gasteiger partial charge in [0.2, 0.25) is 0 Å². The maximum absolute atomic E-state index is 13.7. The maximum atomic E-state index is 13.7. The van der Waals surface area contributed by atoms with Crippen LogP contribution in [0, 0.1) is 51.8 Å². The Morgan fingerprint density at radius 2 is 1.73 bits per heavy atom. The van der Waals surface area contributed by atoms with Gasteiger partial charge < -0.3 is 9.47 Å². The summed E-state index contributed by atoms with van der Waals surface area (Å²) in [6, 6.07) is 9.66. The molecule has 0 bridgehead atoms. The average Bonchev–Trinajstić information content (AvgIpc) is 3.28. The molecule has 222 valence electrons. The summed E-state index contributed by atoms with van der Waals surface area (Å²) in [5.74, 6) is 3.88. The third-order valence-corrected chi connectivity index (χ3v) is 13.4. The van der Waals surface area contributed by atoms with Crippen molar-refractivity contribution in [3.63, 3.8) is 0 Å². The molecule has 0 aromatic heterocycles. The number of esters is 1. The summed E-state index contributed by atoms with van der Waals surface area (Å²) in [5.41, 5.74) is 2.43. The van der Waals surface area contributed by atoms with Crippen molar-refractivity contribution < 1.29 is 14.3 Å². The van der Waals surface area contributed by atoms with E-state index in [4.69, 9.17) is 9.47 Å². The topological polar surface area (TPSA) is 35.5 Å². The van der Waals surface area contributed by atoms with Gasteiger partial charge in [0, 0.05) is 12.5 Å². The minimum absolute atomic E-state index is 0.103. The first-order valence-corrected chi connectivity index (χ1v) is 16.4. The highest BCUT2D eigenvalue weighted by atomic mass is 16.5. The quantitative estimate of drug-likeness (QED) is 0.240. The minimum Gasteiger partial charge on any atom is -0.458 e. The molecule has 5 rings (SSSR count). The molecule has 3 fully saturated rings. The Kier molecular flexibility index (Phi) is 8.39. The van der Waals surface area contributed by atoms with Crippen LogP contribution in [0.5, 0.6) is 0 Å². The van der Waals surface area contributed by atoms with Gasteiger partial charge >= 0.3 is 5.97 Å². The van der Waals surface area contributed by atoms with E-state index in [1.807, 2.05) is 37.4 Å². The van der Waals surface area contributed by atoms with Crippen LogP contribution in [0.3, 0.4) is 0 Å². The second-order valence-electron chi connectivity index (χ2n) is 15.3. The Bertz CT molecular complexity index is 1080. The van der Waals surface area contributed by atoms with Crippen molar-refractivity contribution in [3.8, 4) is 0 Å². The van der Waals surface area contributed by atoms with Crippen molar-refractivity contribution >= 4 is 5.97 Å². The van der Waals surface area contributed by atoms with Crippen LogP contribution >= 0.6 is 0 Å². The molecule has 3 heteroatoms. The van der Waals surface area contributed by atoms with Crippen LogP contribution in [0.25, 0.3) is 0 Å². The molecule has 3 saturated carbocycles. The maximum Gasteiger partial charge on any atom is 0.338 e. The normalized spacial score (nSPS) is 40.4. The van der Waals surface area contributed by atoms with E-state index >= 15 is 0 Å². The third kappa shape index (κ3) is 4.81. The lowest BCUT2D eigenvalue weighted by Gasteiger charge is -2.65. The van der Waals surface area contributed by atoms with Crippen LogP contribution < -0.4 is 0 Å². The first-order chi connectivity index (χ1) is 19.0. The summed E-state index contributed by atoms with van der Waals surface area (Å²) < 4.78 is 12.6. The van der Waals surface area contributed by atoms with Crippen LogP contribution in [-0.4, -0.2) is 25.3 Å². The fraction of sp³-hybridized carbons (Fsp3) is 0.757. The molecule has 0 amide bonds. The lowest BCUT2D eigenvalue weighted by molar-refractivity contribution is -0.157. The molecule has 1 aromatic carbocycles. The van der Waals surface area contributed by atoms with E-state index < -0.39 is 0 Å². The first kappa shape index (κ1) is 29.9. The summed E-state index contributed by atoms with van der Waals surface area (Å²) in [6.07, 6.45) is 13.5. The van der Waals surface area contributed by atoms with Crippen molar-refractivity contribution in [1.29, 1.82) is 0 Å². The molecule has 0 saturated heterocycles. The molecular formula is C37H56O3. The Morgan fingerprint density at radius 1 is 1.00 bits per heavy atom. The smallest absolute Gasteiger partial charge is 0.338 e. The molecule has 4 aliphatic carbocycles. The van der Waals surface area contributed by atoms with Crippen LogP contribution in [-0.2, 0) is 9.47 Å². The number of hydrogen-bond donors (Lipinski definition) is 0. The van der Waals surface area contributed by atoms with E-state index in [1.165, 1.54) is 25.7 Å². The number of hydrogen-bond acceptors (Lipinski definition) is 3. The van der Waals surface area contributed by atoms with Crippen molar-refractivity contribution in [2.75, 3.05) is 7.11 Å². The van der Waals surface area contributed by atoms with E-state index in [0.29, 0.717) is 35.3 Å². The minimum atomic E-state index is -0.155. The molecule has 3 nitrogen and oxygen atoms in total. The van der Waals surface area contributed by atoms with Crippen LogP contribution in [0.1, 0.15) is 117 Å². The largest absolute Gasteiger partial charge is 0.458 e. The van der Waals surface area contributed by atoms with E-state index in [1.54, 1.807) is 5.57 Å². The monoisotopic (exact) mass is 548 g/mol. The predicted octanol–water partition coefficient (Wildman–Crippen LogP) is 9.51. The molecule has 10 atom stereocenters. The summed E-state index contributed by atoms with van der Waals surface area (Å²) in [6.45, 7) is 17.2. The second kappa shape index (κ2) is 11.2. The number of carbonyl (C=O) groups is 1. The van der Waals surface area contributed by atoms with Gasteiger partial charge in [-0.05, 0) is 103 Å². The fourth-order valence-corrected chi connectivity index (χ4v) is 10.1. The zero-order valence-electron chi connectivity index (χ0n) is 26.7. The van der Waals surface area contributed by atoms with Gasteiger partial charge in [-0.3, -0.25) is 0 Å². The van der Waals surface area contributed by atoms with Gasteiger partial charge in [-0.15, -0.1) is 0 Å². The highest BCUT2D eigenvalue weighted by Crippen LogP contribution is 2.72. The van der Waals surface area contributed by atoms with Gasteiger partial charge in [0.25, 0.3) is 0 Å². The zero-order valence-corrected chi connectivity index (χ0v) is 26.7. The molecule has 0 heterocycles. The molecule has 1 aromatic rings. The molecular weight excluding hydrogens is 492 g/mol. The fourth-order valence-electron chi connectivity index (χ4n) is 10.1. The summed E-state index contributed by atoms with van der Waals surface area (Å²) in [7, 11) is 1.87. The second-order valence-corrected chi connectivity index (χ2v) is 15.3. The molecule has 0 aliphatic heterocycles. The Labute approximate surface area is 244 Å². The average molecular weight is 549 g/mol. The number of allylic oxidation sites excluding steroid dienone is 1. The van der Waals surface area contributed by atoms with Crippen molar-refractivity contribution in [2.45, 2.75) is 118 Å². The van der Waals surface area contributed by atoms with Crippen LogP contribution in [0.2, 0.25) is 0 Å². The lowest BCUT2D eigenvalue weighted by Crippen LogP contribution is -2.62. The number of ether oxygens (including phenoxy) is 2. The van der Waals surface area contributed by atoms with Crippen molar-refractivity contribution in [2.24, 2.45) is 51.8 Å². The zero-order chi connectivity index (χ0) is 28.9. The van der Waals surface area contributed by atoms with Gasteiger partial charge in [0.05, 0.1) is 11.7 Å². The number of benzene rings is 1. The van der Waals surface area contributed by atoms with E-state index in [0.717, 1.165) is 43.9 Å². The lowest BCUT2D eigenvalue weighted by atomic mass is 9.40. The number of carbonyl (C=O) groups excluding carboxylic acids is 1. The van der Waals surface area contributed by atoms with E-state index in [9.17, 15) is 4.79 Å². The molecule has 10 unspecified atom stereocenters. The summed E-state index contributed by atoms with van der Waals surface area (Å²) >= 11 is 0. The highest BCUT2D eigenvalue weighted by Gasteiger charge is 2.67. The predicted molar refractivity (Wildman–Crippen MR) is 164 cm³/mol. The van der Waals surface area contributed by atoms with Crippen LogP contribution in [0.15, 0.2) is 42.0 Å². The molecule has 0 radical (unpaired) electrons. The Morgan fingerprint density at radius 3 is 2.40 bits per heavy atom. The Hall–Kier alpha value is -1.61. The molecule has 0 N–H and O–H groups in total. The highest BCUT2D eigenvalue weighted by molar-refractivity contribution is 5.89.